The van der Waals surface area contributed by atoms with Gasteiger partial charge in [0.1, 0.15) is 12.4 Å². The molecule has 5 aromatic rings. The topological polar surface area (TPSA) is 66.5 Å². The van der Waals surface area contributed by atoms with Gasteiger partial charge < -0.3 is 9.47 Å². The van der Waals surface area contributed by atoms with E-state index in [1.807, 2.05) is 6.20 Å². The van der Waals surface area contributed by atoms with Crippen molar-refractivity contribution in [2.45, 2.75) is 12.8 Å². The van der Waals surface area contributed by atoms with Crippen LogP contribution in [0.5, 0.6) is 17.4 Å². The molecule has 0 unspecified atom stereocenters. The Balaban J connectivity index is 1.31. The number of fused-ring (bicyclic) bond motifs is 1. The number of hydrogen-bond donors (Lipinski definition) is 0. The summed E-state index contributed by atoms with van der Waals surface area (Å²) in [6.07, 6.45) is 2.07. The molecular formula is C24H15ClF5N5O2. The first kappa shape index (κ1) is 24.5. The largest absolute Gasteiger partial charge is 0.473 e. The van der Waals surface area contributed by atoms with E-state index in [9.17, 15) is 22.0 Å². The van der Waals surface area contributed by atoms with Crippen molar-refractivity contribution in [2.75, 3.05) is 0 Å². The first-order valence-electron chi connectivity index (χ1n) is 10.6. The highest BCUT2D eigenvalue weighted by molar-refractivity contribution is 6.31. The molecule has 0 atom stereocenters. The zero-order valence-corrected chi connectivity index (χ0v) is 19.6. The van der Waals surface area contributed by atoms with Crippen LogP contribution in [0.4, 0.5) is 22.0 Å². The molecule has 0 bridgehead atoms. The Morgan fingerprint density at radius 1 is 1.03 bits per heavy atom. The lowest BCUT2D eigenvalue weighted by molar-refractivity contribution is -0.137. The number of ether oxygens (including phenoxy) is 2. The van der Waals surface area contributed by atoms with Crippen LogP contribution in [0.25, 0.3) is 17.0 Å². The SMILES string of the molecule is Cn1cc(-c2cnc3nc(OCc4cc(F)c(Oc5ccc(Cl)c(C(F)(F)F)c5)c(F)c4)ccn23)cn1. The second kappa shape index (κ2) is 9.36. The summed E-state index contributed by atoms with van der Waals surface area (Å²) in [4.78, 5) is 8.53. The fourth-order valence-electron chi connectivity index (χ4n) is 3.56. The van der Waals surface area contributed by atoms with Crippen molar-refractivity contribution in [2.24, 2.45) is 7.05 Å². The van der Waals surface area contributed by atoms with Crippen LogP contribution in [0.3, 0.4) is 0 Å². The quantitative estimate of drug-likeness (QED) is 0.234. The molecular weight excluding hydrogens is 521 g/mol. The summed E-state index contributed by atoms with van der Waals surface area (Å²) >= 11 is 5.56. The summed E-state index contributed by atoms with van der Waals surface area (Å²) in [5.41, 5.74) is 0.527. The predicted octanol–water partition coefficient (Wildman–Crippen LogP) is 6.45. The lowest BCUT2D eigenvalue weighted by Gasteiger charge is -2.13. The molecule has 0 saturated heterocycles. The Morgan fingerprint density at radius 3 is 2.46 bits per heavy atom. The van der Waals surface area contributed by atoms with Crippen LogP contribution in [-0.2, 0) is 19.8 Å². The summed E-state index contributed by atoms with van der Waals surface area (Å²) < 4.78 is 82.4. The minimum Gasteiger partial charge on any atom is -0.473 e. The van der Waals surface area contributed by atoms with Crippen LogP contribution in [-0.4, -0.2) is 24.1 Å². The number of halogens is 6. The molecule has 13 heteroatoms. The van der Waals surface area contributed by atoms with Gasteiger partial charge in [-0.1, -0.05) is 11.6 Å². The van der Waals surface area contributed by atoms with Gasteiger partial charge in [-0.15, -0.1) is 0 Å². The van der Waals surface area contributed by atoms with E-state index in [2.05, 4.69) is 15.1 Å². The molecule has 5 rings (SSSR count). The van der Waals surface area contributed by atoms with E-state index in [-0.39, 0.29) is 18.1 Å². The van der Waals surface area contributed by atoms with Crippen molar-refractivity contribution >= 4 is 17.4 Å². The molecule has 0 saturated carbocycles. The number of aryl methyl sites for hydroxylation is 1. The van der Waals surface area contributed by atoms with E-state index in [0.29, 0.717) is 11.8 Å². The van der Waals surface area contributed by atoms with Gasteiger partial charge in [-0.2, -0.15) is 23.3 Å². The molecule has 37 heavy (non-hydrogen) atoms. The van der Waals surface area contributed by atoms with Gasteiger partial charge in [-0.3, -0.25) is 9.08 Å². The van der Waals surface area contributed by atoms with Gasteiger partial charge in [-0.25, -0.2) is 13.8 Å². The number of rotatable bonds is 6. The van der Waals surface area contributed by atoms with Crippen LogP contribution in [0.15, 0.2) is 61.2 Å². The fraction of sp³-hybridized carbons (Fsp3) is 0.125. The molecule has 0 fully saturated rings. The maximum Gasteiger partial charge on any atom is 0.417 e. The normalized spacial score (nSPS) is 11.8. The van der Waals surface area contributed by atoms with Crippen molar-refractivity contribution in [3.63, 3.8) is 0 Å². The molecule has 3 aromatic heterocycles. The first-order chi connectivity index (χ1) is 17.6. The first-order valence-corrected chi connectivity index (χ1v) is 10.9. The van der Waals surface area contributed by atoms with Gasteiger partial charge in [0.25, 0.3) is 0 Å². The van der Waals surface area contributed by atoms with Crippen molar-refractivity contribution in [1.29, 1.82) is 0 Å². The Labute approximate surface area is 210 Å². The van der Waals surface area contributed by atoms with Crippen LogP contribution in [0, 0.1) is 11.6 Å². The molecule has 0 spiro atoms. The van der Waals surface area contributed by atoms with Crippen LogP contribution in [0.2, 0.25) is 5.02 Å². The van der Waals surface area contributed by atoms with Crippen molar-refractivity contribution in [3.05, 3.63) is 89.0 Å². The number of imidazole rings is 1. The summed E-state index contributed by atoms with van der Waals surface area (Å²) in [6.45, 7) is -0.243. The van der Waals surface area contributed by atoms with Crippen LogP contribution >= 0.6 is 11.6 Å². The number of alkyl halides is 3. The summed E-state index contributed by atoms with van der Waals surface area (Å²) in [7, 11) is 1.79. The Kier molecular flexibility index (Phi) is 6.20. The van der Waals surface area contributed by atoms with Crippen LogP contribution < -0.4 is 9.47 Å². The van der Waals surface area contributed by atoms with Gasteiger partial charge >= 0.3 is 6.18 Å². The zero-order chi connectivity index (χ0) is 26.3. The smallest absolute Gasteiger partial charge is 0.417 e. The monoisotopic (exact) mass is 535 g/mol. The molecule has 0 aliphatic rings. The third-order valence-corrected chi connectivity index (χ3v) is 5.59. The van der Waals surface area contributed by atoms with Crippen LogP contribution in [0.1, 0.15) is 11.1 Å². The number of benzene rings is 2. The second-order valence-corrected chi connectivity index (χ2v) is 8.31. The zero-order valence-electron chi connectivity index (χ0n) is 18.8. The van der Waals surface area contributed by atoms with Crippen molar-refractivity contribution in [1.82, 2.24) is 24.1 Å². The number of nitrogens with zero attached hydrogens (tertiary/aromatic N) is 5. The Morgan fingerprint density at radius 2 is 1.78 bits per heavy atom. The third-order valence-electron chi connectivity index (χ3n) is 5.26. The minimum absolute atomic E-state index is 0.107. The lowest BCUT2D eigenvalue weighted by Crippen LogP contribution is -2.06. The highest BCUT2D eigenvalue weighted by atomic mass is 35.5. The van der Waals surface area contributed by atoms with E-state index in [0.717, 1.165) is 35.5 Å². The molecule has 190 valence electrons. The van der Waals surface area contributed by atoms with Crippen molar-refractivity contribution < 1.29 is 31.4 Å². The maximum absolute atomic E-state index is 14.6. The van der Waals surface area contributed by atoms with Crippen molar-refractivity contribution in [3.8, 4) is 28.6 Å². The second-order valence-electron chi connectivity index (χ2n) is 7.90. The third kappa shape index (κ3) is 5.05. The molecule has 3 heterocycles. The average molecular weight is 536 g/mol. The molecule has 0 N–H and O–H groups in total. The minimum atomic E-state index is -4.76. The molecule has 2 aromatic carbocycles. The summed E-state index contributed by atoms with van der Waals surface area (Å²) in [5.74, 6) is -3.03. The number of hydrogen-bond acceptors (Lipinski definition) is 5. The highest BCUT2D eigenvalue weighted by Gasteiger charge is 2.33. The standard InChI is InChI=1S/C24H15ClF5N5O2/c1-34-11-14(9-32-34)20-10-31-23-33-21(4-5-35(20)23)36-12-13-6-18(26)22(19(27)7-13)37-15-2-3-17(25)16(8-15)24(28,29)30/h2-11H,12H2,1H3. The van der Waals surface area contributed by atoms with Gasteiger partial charge in [0.2, 0.25) is 11.7 Å². The van der Waals surface area contributed by atoms with E-state index < -0.39 is 39.9 Å². The fourth-order valence-corrected chi connectivity index (χ4v) is 3.78. The molecule has 0 radical (unpaired) electrons. The summed E-state index contributed by atoms with van der Waals surface area (Å²) in [6, 6.07) is 6.04. The highest BCUT2D eigenvalue weighted by Crippen LogP contribution is 2.38. The number of aromatic nitrogens is 5. The molecule has 7 nitrogen and oxygen atoms in total. The predicted molar refractivity (Wildman–Crippen MR) is 122 cm³/mol. The Hall–Kier alpha value is -4.19. The lowest BCUT2D eigenvalue weighted by atomic mass is 10.2. The van der Waals surface area contributed by atoms with Gasteiger partial charge in [0.15, 0.2) is 17.4 Å². The molecule has 0 amide bonds. The van der Waals surface area contributed by atoms with Gasteiger partial charge in [-0.05, 0) is 35.9 Å². The van der Waals surface area contributed by atoms with E-state index in [4.69, 9.17) is 21.1 Å². The average Bonchev–Trinajstić information content (AvgIpc) is 3.45. The van der Waals surface area contributed by atoms with E-state index >= 15 is 0 Å². The maximum atomic E-state index is 14.6. The van der Waals surface area contributed by atoms with Gasteiger partial charge in [0, 0.05) is 31.1 Å². The van der Waals surface area contributed by atoms with E-state index in [1.165, 1.54) is 0 Å². The summed E-state index contributed by atoms with van der Waals surface area (Å²) in [5, 5.41) is 3.56. The molecule has 0 aliphatic carbocycles. The van der Waals surface area contributed by atoms with Gasteiger partial charge in [0.05, 0.1) is 28.7 Å². The van der Waals surface area contributed by atoms with E-state index in [1.54, 1.807) is 40.8 Å². The molecule has 0 aliphatic heterocycles. The Bertz CT molecular complexity index is 1590.